The molecular formula is C14H14Cl2S. The van der Waals surface area contributed by atoms with E-state index in [9.17, 15) is 0 Å². The number of thiophene rings is 1. The first-order chi connectivity index (χ1) is 8.11. The second-order valence-corrected chi connectivity index (χ2v) is 5.97. The van der Waals surface area contributed by atoms with Crippen molar-refractivity contribution in [2.45, 2.75) is 26.7 Å². The fourth-order valence-electron chi connectivity index (χ4n) is 2.02. The number of benzene rings is 1. The summed E-state index contributed by atoms with van der Waals surface area (Å²) >= 11 is 13.8. The Kier molecular flexibility index (Phi) is 4.13. The van der Waals surface area contributed by atoms with Crippen LogP contribution >= 0.6 is 34.5 Å². The van der Waals surface area contributed by atoms with Crippen LogP contribution in [-0.2, 0) is 12.8 Å². The average molecular weight is 285 g/mol. The third kappa shape index (κ3) is 2.85. The van der Waals surface area contributed by atoms with Crippen molar-refractivity contribution in [3.8, 4) is 0 Å². The molecule has 2 rings (SSSR count). The summed E-state index contributed by atoms with van der Waals surface area (Å²) in [5.41, 5.74) is 4.10. The van der Waals surface area contributed by atoms with E-state index in [0.29, 0.717) is 10.0 Å². The minimum absolute atomic E-state index is 0.618. The van der Waals surface area contributed by atoms with Crippen molar-refractivity contribution in [1.29, 1.82) is 0 Å². The average Bonchev–Trinajstić information content (AvgIpc) is 2.64. The molecule has 0 saturated heterocycles. The van der Waals surface area contributed by atoms with Crippen LogP contribution in [0.4, 0.5) is 0 Å². The van der Waals surface area contributed by atoms with Crippen LogP contribution in [0.5, 0.6) is 0 Å². The van der Waals surface area contributed by atoms with Gasteiger partial charge in [0, 0.05) is 4.88 Å². The molecule has 0 unspecified atom stereocenters. The second-order valence-electron chi connectivity index (χ2n) is 4.07. The molecule has 1 heterocycles. The van der Waals surface area contributed by atoms with E-state index in [-0.39, 0.29) is 0 Å². The molecular weight excluding hydrogens is 271 g/mol. The summed E-state index contributed by atoms with van der Waals surface area (Å²) < 4.78 is 0. The lowest BCUT2D eigenvalue weighted by atomic mass is 10.0. The number of aryl methyl sites for hydroxylation is 1. The van der Waals surface area contributed by atoms with Crippen molar-refractivity contribution < 1.29 is 0 Å². The van der Waals surface area contributed by atoms with Crippen molar-refractivity contribution >= 4 is 34.5 Å². The normalized spacial score (nSPS) is 10.8. The molecule has 0 spiro atoms. The molecule has 0 atom stereocenters. The molecule has 0 nitrogen and oxygen atoms in total. The van der Waals surface area contributed by atoms with Crippen LogP contribution in [0.1, 0.15) is 28.5 Å². The Balaban J connectivity index is 2.28. The van der Waals surface area contributed by atoms with Crippen LogP contribution in [0.25, 0.3) is 0 Å². The molecule has 0 amide bonds. The summed E-state index contributed by atoms with van der Waals surface area (Å²) in [4.78, 5) is 1.42. The molecule has 1 aromatic heterocycles. The number of halogens is 2. The molecule has 3 heteroatoms. The van der Waals surface area contributed by atoms with Crippen molar-refractivity contribution in [2.75, 3.05) is 0 Å². The topological polar surface area (TPSA) is 0 Å². The Morgan fingerprint density at radius 1 is 1.18 bits per heavy atom. The van der Waals surface area contributed by atoms with Crippen molar-refractivity contribution in [3.05, 3.63) is 55.2 Å². The fourth-order valence-corrected chi connectivity index (χ4v) is 3.30. The lowest BCUT2D eigenvalue weighted by Crippen LogP contribution is -1.92. The van der Waals surface area contributed by atoms with Gasteiger partial charge in [-0.15, -0.1) is 11.3 Å². The van der Waals surface area contributed by atoms with Gasteiger partial charge in [0.15, 0.2) is 0 Å². The standard InChI is InChI=1S/C14H14Cl2S/c1-3-12-9(2)17-8-11(12)6-10-4-5-13(15)14(16)7-10/h4-5,7-8H,3,6H2,1-2H3. The zero-order valence-electron chi connectivity index (χ0n) is 9.89. The van der Waals surface area contributed by atoms with E-state index in [1.807, 2.05) is 29.5 Å². The summed E-state index contributed by atoms with van der Waals surface area (Å²) in [7, 11) is 0. The van der Waals surface area contributed by atoms with Crippen molar-refractivity contribution in [3.63, 3.8) is 0 Å². The van der Waals surface area contributed by atoms with Crippen LogP contribution < -0.4 is 0 Å². The van der Waals surface area contributed by atoms with Gasteiger partial charge in [0.1, 0.15) is 0 Å². The molecule has 0 N–H and O–H groups in total. The lowest BCUT2D eigenvalue weighted by molar-refractivity contribution is 1.07. The predicted molar refractivity (Wildman–Crippen MR) is 77.7 cm³/mol. The van der Waals surface area contributed by atoms with Gasteiger partial charge in [-0.2, -0.15) is 0 Å². The number of hydrogen-bond acceptors (Lipinski definition) is 1. The maximum atomic E-state index is 6.03. The largest absolute Gasteiger partial charge is 0.149 e. The van der Waals surface area contributed by atoms with E-state index < -0.39 is 0 Å². The summed E-state index contributed by atoms with van der Waals surface area (Å²) in [6.45, 7) is 4.38. The summed E-state index contributed by atoms with van der Waals surface area (Å²) in [6.07, 6.45) is 2.02. The molecule has 2 aromatic rings. The molecule has 0 bridgehead atoms. The SMILES string of the molecule is CCc1c(Cc2ccc(Cl)c(Cl)c2)csc1C. The second kappa shape index (κ2) is 5.43. The van der Waals surface area contributed by atoms with Gasteiger partial charge in [-0.3, -0.25) is 0 Å². The Morgan fingerprint density at radius 3 is 2.59 bits per heavy atom. The fraction of sp³-hybridized carbons (Fsp3) is 0.286. The van der Waals surface area contributed by atoms with E-state index in [1.54, 1.807) is 0 Å². The van der Waals surface area contributed by atoms with E-state index >= 15 is 0 Å². The van der Waals surface area contributed by atoms with Crippen LogP contribution in [0.2, 0.25) is 10.0 Å². The van der Waals surface area contributed by atoms with Gasteiger partial charge in [0.05, 0.1) is 10.0 Å². The zero-order valence-corrected chi connectivity index (χ0v) is 12.2. The van der Waals surface area contributed by atoms with Gasteiger partial charge in [-0.05, 0) is 54.0 Å². The minimum Gasteiger partial charge on any atom is -0.149 e. The Labute approximate surface area is 116 Å². The number of hydrogen-bond donors (Lipinski definition) is 0. The Bertz CT molecular complexity index is 529. The van der Waals surface area contributed by atoms with Gasteiger partial charge >= 0.3 is 0 Å². The van der Waals surface area contributed by atoms with Crippen molar-refractivity contribution in [2.24, 2.45) is 0 Å². The molecule has 0 radical (unpaired) electrons. The summed E-state index contributed by atoms with van der Waals surface area (Å²) in [6, 6.07) is 5.86. The highest BCUT2D eigenvalue weighted by Crippen LogP contribution is 2.27. The minimum atomic E-state index is 0.618. The van der Waals surface area contributed by atoms with Gasteiger partial charge in [-0.25, -0.2) is 0 Å². The van der Waals surface area contributed by atoms with Crippen LogP contribution in [-0.4, -0.2) is 0 Å². The number of rotatable bonds is 3. The quantitative estimate of drug-likeness (QED) is 0.697. The maximum Gasteiger partial charge on any atom is 0.0595 e. The highest BCUT2D eigenvalue weighted by atomic mass is 35.5. The first-order valence-corrected chi connectivity index (χ1v) is 7.25. The molecule has 0 saturated carbocycles. The third-order valence-electron chi connectivity index (χ3n) is 2.92. The van der Waals surface area contributed by atoms with E-state index in [2.05, 4.69) is 19.2 Å². The summed E-state index contributed by atoms with van der Waals surface area (Å²) in [5.74, 6) is 0. The van der Waals surface area contributed by atoms with Gasteiger partial charge in [0.2, 0.25) is 0 Å². The molecule has 0 aliphatic heterocycles. The van der Waals surface area contributed by atoms with E-state index in [1.165, 1.54) is 21.6 Å². The molecule has 0 fully saturated rings. The smallest absolute Gasteiger partial charge is 0.0595 e. The zero-order chi connectivity index (χ0) is 12.4. The monoisotopic (exact) mass is 284 g/mol. The predicted octanol–water partition coefficient (Wildman–Crippen LogP) is 5.52. The first-order valence-electron chi connectivity index (χ1n) is 5.61. The molecule has 1 aromatic carbocycles. The Morgan fingerprint density at radius 2 is 1.94 bits per heavy atom. The van der Waals surface area contributed by atoms with Gasteiger partial charge in [-0.1, -0.05) is 36.2 Å². The first kappa shape index (κ1) is 12.9. The van der Waals surface area contributed by atoms with E-state index in [0.717, 1.165) is 12.8 Å². The van der Waals surface area contributed by atoms with E-state index in [4.69, 9.17) is 23.2 Å². The third-order valence-corrected chi connectivity index (χ3v) is 4.66. The van der Waals surface area contributed by atoms with Gasteiger partial charge < -0.3 is 0 Å². The van der Waals surface area contributed by atoms with Crippen LogP contribution in [0, 0.1) is 6.92 Å². The van der Waals surface area contributed by atoms with Gasteiger partial charge in [0.25, 0.3) is 0 Å². The van der Waals surface area contributed by atoms with Crippen molar-refractivity contribution in [1.82, 2.24) is 0 Å². The maximum absolute atomic E-state index is 6.03. The lowest BCUT2D eigenvalue weighted by Gasteiger charge is -2.05. The molecule has 0 aliphatic carbocycles. The Hall–Kier alpha value is -0.500. The summed E-state index contributed by atoms with van der Waals surface area (Å²) in [5, 5.41) is 3.50. The molecule has 17 heavy (non-hydrogen) atoms. The molecule has 0 aliphatic rings. The van der Waals surface area contributed by atoms with Crippen LogP contribution in [0.15, 0.2) is 23.6 Å². The molecule has 90 valence electrons. The highest BCUT2D eigenvalue weighted by molar-refractivity contribution is 7.10. The highest BCUT2D eigenvalue weighted by Gasteiger charge is 2.08. The van der Waals surface area contributed by atoms with Crippen LogP contribution in [0.3, 0.4) is 0 Å².